The summed E-state index contributed by atoms with van der Waals surface area (Å²) in [5, 5.41) is 13.4. The average Bonchev–Trinajstić information content (AvgIpc) is 3.24. The van der Waals surface area contributed by atoms with Gasteiger partial charge in [0.25, 0.3) is 5.91 Å². The van der Waals surface area contributed by atoms with E-state index in [2.05, 4.69) is 20.8 Å². The number of carbonyl (C=O) groups is 1. The number of rotatable bonds is 4. The maximum atomic E-state index is 13.1. The number of aromatic amines is 1. The maximum absolute atomic E-state index is 13.1. The number of hydrogen-bond acceptors (Lipinski definition) is 3. The number of hydrogen-bond donors (Lipinski definition) is 3. The van der Waals surface area contributed by atoms with Crippen molar-refractivity contribution in [1.29, 1.82) is 0 Å². The van der Waals surface area contributed by atoms with Crippen LogP contribution in [0.25, 0.3) is 0 Å². The van der Waals surface area contributed by atoms with Gasteiger partial charge in [0.1, 0.15) is 5.82 Å². The van der Waals surface area contributed by atoms with E-state index in [4.69, 9.17) is 0 Å². The molecule has 1 saturated carbocycles. The Labute approximate surface area is 133 Å². The van der Waals surface area contributed by atoms with E-state index in [1.54, 1.807) is 0 Å². The zero-order valence-electron chi connectivity index (χ0n) is 12.8. The van der Waals surface area contributed by atoms with Crippen molar-refractivity contribution in [2.75, 3.05) is 13.1 Å². The van der Waals surface area contributed by atoms with Gasteiger partial charge in [0.15, 0.2) is 5.69 Å². The Morgan fingerprint density at radius 1 is 1.30 bits per heavy atom. The highest BCUT2D eigenvalue weighted by atomic mass is 19.1. The molecule has 2 aromatic rings. The Balaban J connectivity index is 1.46. The van der Waals surface area contributed by atoms with Gasteiger partial charge in [-0.2, -0.15) is 5.10 Å². The van der Waals surface area contributed by atoms with Gasteiger partial charge in [-0.05, 0) is 30.5 Å². The second-order valence-electron chi connectivity index (χ2n) is 6.43. The van der Waals surface area contributed by atoms with Crippen molar-refractivity contribution in [1.82, 2.24) is 20.8 Å². The topological polar surface area (TPSA) is 69.8 Å². The van der Waals surface area contributed by atoms with E-state index in [-0.39, 0.29) is 17.1 Å². The fraction of sp³-hybridized carbons (Fsp3) is 0.412. The molecule has 4 rings (SSSR count). The molecule has 6 heteroatoms. The molecule has 1 aliphatic heterocycles. The van der Waals surface area contributed by atoms with Gasteiger partial charge in [0, 0.05) is 42.7 Å². The monoisotopic (exact) mass is 314 g/mol. The van der Waals surface area contributed by atoms with Gasteiger partial charge in [0.05, 0.1) is 0 Å². The molecule has 23 heavy (non-hydrogen) atoms. The van der Waals surface area contributed by atoms with E-state index >= 15 is 0 Å². The average molecular weight is 314 g/mol. The molecule has 0 unspecified atom stereocenters. The first-order valence-electron chi connectivity index (χ1n) is 7.99. The molecule has 0 spiro atoms. The predicted molar refractivity (Wildman–Crippen MR) is 83.6 cm³/mol. The van der Waals surface area contributed by atoms with Gasteiger partial charge in [0.2, 0.25) is 0 Å². The third kappa shape index (κ3) is 2.63. The molecule has 1 amide bonds. The molecule has 2 heterocycles. The van der Waals surface area contributed by atoms with Gasteiger partial charge in [-0.15, -0.1) is 0 Å². The molecule has 1 aromatic carbocycles. The predicted octanol–water partition coefficient (Wildman–Crippen LogP) is 1.66. The van der Waals surface area contributed by atoms with Crippen molar-refractivity contribution in [2.45, 2.75) is 31.2 Å². The Hall–Kier alpha value is -2.21. The number of nitrogens with zero attached hydrogens (tertiary/aromatic N) is 1. The van der Waals surface area contributed by atoms with Crippen LogP contribution in [0.5, 0.6) is 0 Å². The summed E-state index contributed by atoms with van der Waals surface area (Å²) in [5.74, 6) is -0.371. The Bertz CT molecular complexity index is 734. The minimum Gasteiger partial charge on any atom is -0.350 e. The summed E-state index contributed by atoms with van der Waals surface area (Å²) in [5.41, 5.74) is 3.55. The van der Waals surface area contributed by atoms with Crippen LogP contribution in [0.4, 0.5) is 4.39 Å². The number of halogens is 1. The SMILES string of the molecule is O=C(NCC1(c2ccc(F)cc2)CC1)c1n[nH]c2c1CNCC2. The van der Waals surface area contributed by atoms with E-state index in [0.717, 1.165) is 42.6 Å². The largest absolute Gasteiger partial charge is 0.350 e. The first-order valence-corrected chi connectivity index (χ1v) is 7.99. The molecule has 3 N–H and O–H groups in total. The minimum atomic E-state index is -0.232. The Morgan fingerprint density at radius 2 is 2.09 bits per heavy atom. The molecule has 2 aliphatic rings. The van der Waals surface area contributed by atoms with Gasteiger partial charge >= 0.3 is 0 Å². The van der Waals surface area contributed by atoms with Gasteiger partial charge < -0.3 is 10.6 Å². The molecule has 5 nitrogen and oxygen atoms in total. The van der Waals surface area contributed by atoms with Gasteiger partial charge in [-0.1, -0.05) is 12.1 Å². The van der Waals surface area contributed by atoms with Gasteiger partial charge in [-0.25, -0.2) is 4.39 Å². The van der Waals surface area contributed by atoms with Crippen molar-refractivity contribution < 1.29 is 9.18 Å². The van der Waals surface area contributed by atoms with E-state index in [1.165, 1.54) is 12.1 Å². The quantitative estimate of drug-likeness (QED) is 0.804. The van der Waals surface area contributed by atoms with Crippen molar-refractivity contribution in [2.24, 2.45) is 0 Å². The van der Waals surface area contributed by atoms with Crippen LogP contribution in [0.3, 0.4) is 0 Å². The summed E-state index contributed by atoms with van der Waals surface area (Å²) in [6.07, 6.45) is 2.90. The van der Waals surface area contributed by atoms with E-state index in [1.807, 2.05) is 12.1 Å². The van der Waals surface area contributed by atoms with E-state index < -0.39 is 0 Å². The third-order valence-electron chi connectivity index (χ3n) is 4.92. The smallest absolute Gasteiger partial charge is 0.272 e. The summed E-state index contributed by atoms with van der Waals surface area (Å²) in [6, 6.07) is 6.59. The van der Waals surface area contributed by atoms with E-state index in [0.29, 0.717) is 18.8 Å². The van der Waals surface area contributed by atoms with Crippen LogP contribution in [0, 0.1) is 5.82 Å². The zero-order valence-corrected chi connectivity index (χ0v) is 12.8. The number of nitrogens with one attached hydrogen (secondary N) is 3. The van der Waals surface area contributed by atoms with Crippen molar-refractivity contribution >= 4 is 5.91 Å². The maximum Gasteiger partial charge on any atom is 0.272 e. The first-order chi connectivity index (χ1) is 11.2. The van der Waals surface area contributed by atoms with Crippen LogP contribution < -0.4 is 10.6 Å². The van der Waals surface area contributed by atoms with Crippen LogP contribution in [-0.2, 0) is 18.4 Å². The first kappa shape index (κ1) is 14.4. The lowest BCUT2D eigenvalue weighted by molar-refractivity contribution is 0.0943. The molecule has 0 atom stereocenters. The number of benzene rings is 1. The zero-order chi connectivity index (χ0) is 15.9. The minimum absolute atomic E-state index is 0.0437. The van der Waals surface area contributed by atoms with E-state index in [9.17, 15) is 9.18 Å². The number of amides is 1. The standard InChI is InChI=1S/C17H19FN4O/c18-12-3-1-11(2-4-12)17(6-7-17)10-20-16(23)15-13-9-19-8-5-14(13)21-22-15/h1-4,19H,5-10H2,(H,20,23)(H,21,22). The highest BCUT2D eigenvalue weighted by molar-refractivity contribution is 5.94. The lowest BCUT2D eigenvalue weighted by Gasteiger charge is -2.17. The third-order valence-corrected chi connectivity index (χ3v) is 4.92. The number of aromatic nitrogens is 2. The summed E-state index contributed by atoms with van der Waals surface area (Å²) in [6.45, 7) is 2.15. The summed E-state index contributed by atoms with van der Waals surface area (Å²) < 4.78 is 13.1. The fourth-order valence-corrected chi connectivity index (χ4v) is 3.27. The molecular formula is C17H19FN4O. The normalized spacial score (nSPS) is 18.3. The van der Waals surface area contributed by atoms with Crippen molar-refractivity contribution in [3.63, 3.8) is 0 Å². The Morgan fingerprint density at radius 3 is 2.83 bits per heavy atom. The second kappa shape index (κ2) is 5.45. The number of fused-ring (bicyclic) bond motifs is 1. The van der Waals surface area contributed by atoms with Crippen molar-refractivity contribution in [3.8, 4) is 0 Å². The molecule has 1 fully saturated rings. The molecule has 0 bridgehead atoms. The van der Waals surface area contributed by atoms with Gasteiger partial charge in [-0.3, -0.25) is 9.89 Å². The summed E-state index contributed by atoms with van der Waals surface area (Å²) in [4.78, 5) is 12.5. The lowest BCUT2D eigenvalue weighted by Crippen LogP contribution is -2.34. The molecule has 1 aliphatic carbocycles. The summed E-state index contributed by atoms with van der Waals surface area (Å²) in [7, 11) is 0. The molecule has 0 radical (unpaired) electrons. The Kier molecular flexibility index (Phi) is 3.41. The second-order valence-corrected chi connectivity index (χ2v) is 6.43. The van der Waals surface area contributed by atoms with Crippen LogP contribution >= 0.6 is 0 Å². The van der Waals surface area contributed by atoms with Crippen molar-refractivity contribution in [3.05, 3.63) is 52.6 Å². The highest BCUT2D eigenvalue weighted by Crippen LogP contribution is 2.47. The number of carbonyl (C=O) groups excluding carboxylic acids is 1. The fourth-order valence-electron chi connectivity index (χ4n) is 3.27. The molecular weight excluding hydrogens is 295 g/mol. The molecule has 0 saturated heterocycles. The van der Waals surface area contributed by atoms with Crippen LogP contribution in [0.2, 0.25) is 0 Å². The van der Waals surface area contributed by atoms with Crippen LogP contribution in [-0.4, -0.2) is 29.2 Å². The molecule has 1 aromatic heterocycles. The molecule has 120 valence electrons. The van der Waals surface area contributed by atoms with Crippen LogP contribution in [0.1, 0.15) is 40.2 Å². The van der Waals surface area contributed by atoms with Crippen LogP contribution in [0.15, 0.2) is 24.3 Å². The highest BCUT2D eigenvalue weighted by Gasteiger charge is 2.44. The summed E-state index contributed by atoms with van der Waals surface area (Å²) >= 11 is 0. The number of H-pyrrole nitrogens is 1. The lowest BCUT2D eigenvalue weighted by atomic mass is 9.96.